The molecular weight excluding hydrogens is 280 g/mol. The second-order valence-electron chi connectivity index (χ2n) is 7.50. The fourth-order valence-electron chi connectivity index (χ4n) is 2.48. The molecule has 2 heterocycles. The lowest BCUT2D eigenvalue weighted by molar-refractivity contribution is -0.129. The molecule has 1 fully saturated rings. The van der Waals surface area contributed by atoms with Gasteiger partial charge in [-0.05, 0) is 19.4 Å². The molecule has 0 spiro atoms. The third-order valence-corrected chi connectivity index (χ3v) is 3.88. The zero-order valence-corrected chi connectivity index (χ0v) is 14.3. The van der Waals surface area contributed by atoms with Crippen molar-refractivity contribution in [2.24, 2.45) is 5.41 Å². The molecule has 1 unspecified atom stereocenters. The van der Waals surface area contributed by atoms with Gasteiger partial charge in [-0.3, -0.25) is 9.69 Å². The van der Waals surface area contributed by atoms with Crippen LogP contribution >= 0.6 is 0 Å². The molecule has 0 bridgehead atoms. The van der Waals surface area contributed by atoms with Crippen LogP contribution in [0, 0.1) is 5.41 Å². The van der Waals surface area contributed by atoms with Crippen molar-refractivity contribution in [2.45, 2.75) is 66.0 Å². The summed E-state index contributed by atoms with van der Waals surface area (Å²) in [4.78, 5) is 18.8. The molecule has 1 N–H and O–H groups in total. The van der Waals surface area contributed by atoms with E-state index < -0.39 is 0 Å². The van der Waals surface area contributed by atoms with E-state index in [4.69, 9.17) is 4.52 Å². The van der Waals surface area contributed by atoms with Crippen molar-refractivity contribution in [2.75, 3.05) is 13.1 Å². The molecule has 0 radical (unpaired) electrons. The lowest BCUT2D eigenvalue weighted by Gasteiger charge is -2.33. The fourth-order valence-corrected chi connectivity index (χ4v) is 2.48. The molecule has 22 heavy (non-hydrogen) atoms. The van der Waals surface area contributed by atoms with Gasteiger partial charge in [0, 0.05) is 23.9 Å². The van der Waals surface area contributed by atoms with Crippen LogP contribution in [0.1, 0.15) is 65.1 Å². The lowest BCUT2D eigenvalue weighted by atomic mass is 9.94. The lowest BCUT2D eigenvalue weighted by Crippen LogP contribution is -2.50. The van der Waals surface area contributed by atoms with Gasteiger partial charge >= 0.3 is 0 Å². The van der Waals surface area contributed by atoms with Gasteiger partial charge in [0.15, 0.2) is 5.82 Å². The van der Waals surface area contributed by atoms with Crippen LogP contribution in [0.4, 0.5) is 0 Å². The molecule has 1 aromatic heterocycles. The molecule has 1 aliphatic rings. The normalized spacial score (nSPS) is 20.4. The van der Waals surface area contributed by atoms with Crippen LogP contribution in [0.5, 0.6) is 0 Å². The van der Waals surface area contributed by atoms with Gasteiger partial charge in [-0.25, -0.2) is 0 Å². The van der Waals surface area contributed by atoms with Crippen LogP contribution in [0.3, 0.4) is 0 Å². The minimum atomic E-state index is -0.346. The monoisotopic (exact) mass is 308 g/mol. The van der Waals surface area contributed by atoms with E-state index in [-0.39, 0.29) is 23.3 Å². The molecule has 2 rings (SSSR count). The van der Waals surface area contributed by atoms with E-state index in [1.54, 1.807) is 0 Å². The number of nitrogens with zero attached hydrogens (tertiary/aromatic N) is 3. The van der Waals surface area contributed by atoms with E-state index in [1.165, 1.54) is 0 Å². The summed E-state index contributed by atoms with van der Waals surface area (Å²) < 4.78 is 5.31. The first-order valence-corrected chi connectivity index (χ1v) is 8.11. The van der Waals surface area contributed by atoms with Gasteiger partial charge < -0.3 is 9.84 Å². The van der Waals surface area contributed by atoms with Gasteiger partial charge in [0.25, 0.3) is 0 Å². The Hall–Kier alpha value is -1.43. The average molecular weight is 308 g/mol. The number of aromatic nitrogens is 2. The molecule has 1 aromatic rings. The summed E-state index contributed by atoms with van der Waals surface area (Å²) in [6.07, 6.45) is 2.10. The maximum Gasteiger partial charge on any atom is 0.240 e. The SMILES string of the molecule is CC(C)c1noc(CN2CCCC(NC(=O)C(C)(C)C)C2)n1. The first-order chi connectivity index (χ1) is 10.3. The number of hydrogen-bond donors (Lipinski definition) is 1. The zero-order chi connectivity index (χ0) is 16.3. The second-order valence-corrected chi connectivity index (χ2v) is 7.50. The predicted octanol–water partition coefficient (Wildman–Crippen LogP) is 2.32. The number of hydrogen-bond acceptors (Lipinski definition) is 5. The number of amides is 1. The third kappa shape index (κ3) is 4.53. The van der Waals surface area contributed by atoms with Crippen molar-refractivity contribution in [1.82, 2.24) is 20.4 Å². The van der Waals surface area contributed by atoms with E-state index in [1.807, 2.05) is 34.6 Å². The van der Waals surface area contributed by atoms with Gasteiger partial charge in [0.05, 0.1) is 6.54 Å². The number of nitrogens with one attached hydrogen (secondary N) is 1. The van der Waals surface area contributed by atoms with Gasteiger partial charge in [0.2, 0.25) is 11.8 Å². The van der Waals surface area contributed by atoms with E-state index in [0.717, 1.165) is 31.8 Å². The number of piperidine rings is 1. The van der Waals surface area contributed by atoms with Gasteiger partial charge in [-0.2, -0.15) is 4.98 Å². The van der Waals surface area contributed by atoms with E-state index in [9.17, 15) is 4.79 Å². The maximum atomic E-state index is 12.1. The smallest absolute Gasteiger partial charge is 0.240 e. The first-order valence-electron chi connectivity index (χ1n) is 8.11. The Morgan fingerprint density at radius 1 is 1.45 bits per heavy atom. The Kier molecular flexibility index (Phi) is 5.21. The molecule has 1 saturated heterocycles. The van der Waals surface area contributed by atoms with Gasteiger partial charge in [0.1, 0.15) is 0 Å². The fraction of sp³-hybridized carbons (Fsp3) is 0.812. The van der Waals surface area contributed by atoms with Crippen molar-refractivity contribution < 1.29 is 9.32 Å². The van der Waals surface area contributed by atoms with Crippen LogP contribution in [0.2, 0.25) is 0 Å². The summed E-state index contributed by atoms with van der Waals surface area (Å²) >= 11 is 0. The van der Waals surface area contributed by atoms with Crippen molar-refractivity contribution >= 4 is 5.91 Å². The zero-order valence-electron chi connectivity index (χ0n) is 14.3. The third-order valence-electron chi connectivity index (χ3n) is 3.88. The molecule has 1 amide bonds. The van der Waals surface area contributed by atoms with Gasteiger partial charge in [-0.1, -0.05) is 39.8 Å². The van der Waals surface area contributed by atoms with E-state index in [0.29, 0.717) is 12.4 Å². The summed E-state index contributed by atoms with van der Waals surface area (Å²) in [6.45, 7) is 12.4. The number of carbonyl (C=O) groups is 1. The Labute approximate surface area is 132 Å². The summed E-state index contributed by atoms with van der Waals surface area (Å²) in [5.41, 5.74) is -0.346. The highest BCUT2D eigenvalue weighted by atomic mass is 16.5. The molecule has 1 aliphatic heterocycles. The van der Waals surface area contributed by atoms with Crippen LogP contribution in [-0.4, -0.2) is 40.1 Å². The van der Waals surface area contributed by atoms with Crippen molar-refractivity contribution in [1.29, 1.82) is 0 Å². The Balaban J connectivity index is 1.89. The van der Waals surface area contributed by atoms with E-state index in [2.05, 4.69) is 20.4 Å². The summed E-state index contributed by atoms with van der Waals surface area (Å²) in [7, 11) is 0. The molecule has 0 saturated carbocycles. The number of carbonyl (C=O) groups excluding carboxylic acids is 1. The summed E-state index contributed by atoms with van der Waals surface area (Å²) in [6, 6.07) is 0.202. The average Bonchev–Trinajstić information content (AvgIpc) is 2.86. The highest BCUT2D eigenvalue weighted by molar-refractivity contribution is 5.81. The molecule has 6 nitrogen and oxygen atoms in total. The topological polar surface area (TPSA) is 71.3 Å². The van der Waals surface area contributed by atoms with Crippen LogP contribution in [-0.2, 0) is 11.3 Å². The quantitative estimate of drug-likeness (QED) is 0.924. The number of rotatable bonds is 4. The molecule has 6 heteroatoms. The highest BCUT2D eigenvalue weighted by Crippen LogP contribution is 2.18. The highest BCUT2D eigenvalue weighted by Gasteiger charge is 2.27. The Morgan fingerprint density at radius 2 is 2.18 bits per heavy atom. The predicted molar refractivity (Wildman–Crippen MR) is 84.3 cm³/mol. The van der Waals surface area contributed by atoms with Crippen LogP contribution in [0.25, 0.3) is 0 Å². The minimum absolute atomic E-state index is 0.110. The van der Waals surface area contributed by atoms with Crippen molar-refractivity contribution in [3.05, 3.63) is 11.7 Å². The summed E-state index contributed by atoms with van der Waals surface area (Å²) in [5.74, 6) is 1.80. The van der Waals surface area contributed by atoms with Gasteiger partial charge in [-0.15, -0.1) is 0 Å². The molecule has 0 aliphatic carbocycles. The molecular formula is C16H28N4O2. The standard InChI is InChI=1S/C16H28N4O2/c1-11(2)14-18-13(22-19-14)10-20-8-6-7-12(9-20)17-15(21)16(3,4)5/h11-12H,6-10H2,1-5H3,(H,17,21). The number of likely N-dealkylation sites (tertiary alicyclic amines) is 1. The summed E-state index contributed by atoms with van der Waals surface area (Å²) in [5, 5.41) is 7.15. The van der Waals surface area contributed by atoms with Crippen LogP contribution < -0.4 is 5.32 Å². The molecule has 124 valence electrons. The Morgan fingerprint density at radius 3 is 2.77 bits per heavy atom. The van der Waals surface area contributed by atoms with Crippen molar-refractivity contribution in [3.8, 4) is 0 Å². The molecule has 1 atom stereocenters. The first kappa shape index (κ1) is 16.9. The molecule has 0 aromatic carbocycles. The Bertz CT molecular complexity index is 504. The second kappa shape index (κ2) is 6.77. The minimum Gasteiger partial charge on any atom is -0.352 e. The van der Waals surface area contributed by atoms with E-state index >= 15 is 0 Å². The van der Waals surface area contributed by atoms with Crippen molar-refractivity contribution in [3.63, 3.8) is 0 Å². The maximum absolute atomic E-state index is 12.1. The largest absolute Gasteiger partial charge is 0.352 e. The van der Waals surface area contributed by atoms with Crippen LogP contribution in [0.15, 0.2) is 4.52 Å².